The van der Waals surface area contributed by atoms with Crippen molar-refractivity contribution in [2.24, 2.45) is 5.16 Å². The minimum absolute atomic E-state index is 0.0812. The highest BCUT2D eigenvalue weighted by molar-refractivity contribution is 6.16. The number of hydrogen-bond acceptors (Lipinski definition) is 9. The van der Waals surface area contributed by atoms with Crippen LogP contribution in [0.25, 0.3) is 0 Å². The summed E-state index contributed by atoms with van der Waals surface area (Å²) < 4.78 is 5.19. The van der Waals surface area contributed by atoms with Crippen molar-refractivity contribution in [1.82, 2.24) is 25.3 Å². The van der Waals surface area contributed by atoms with E-state index < -0.39 is 10.7 Å². The topological polar surface area (TPSA) is 145 Å². The molecule has 0 aliphatic rings. The molecule has 0 aliphatic carbocycles. The van der Waals surface area contributed by atoms with Crippen LogP contribution in [0.1, 0.15) is 11.4 Å². The first-order valence-corrected chi connectivity index (χ1v) is 4.87. The van der Waals surface area contributed by atoms with E-state index in [4.69, 9.17) is 16.8 Å². The van der Waals surface area contributed by atoms with E-state index in [0.29, 0.717) is 5.69 Å². The van der Waals surface area contributed by atoms with Gasteiger partial charge >= 0.3 is 5.82 Å². The fourth-order valence-corrected chi connectivity index (χ4v) is 1.23. The lowest BCUT2D eigenvalue weighted by Crippen LogP contribution is -2.16. The van der Waals surface area contributed by atoms with Crippen LogP contribution in [0.15, 0.2) is 16.0 Å². The minimum atomic E-state index is -0.837. The highest BCUT2D eigenvalue weighted by atomic mass is 35.5. The van der Waals surface area contributed by atoms with E-state index in [0.717, 1.165) is 4.68 Å². The smallest absolute Gasteiger partial charge is 0.409 e. The summed E-state index contributed by atoms with van der Waals surface area (Å²) in [6.07, 6.45) is 1.32. The number of aromatic nitrogens is 5. The van der Waals surface area contributed by atoms with Crippen molar-refractivity contribution in [3.63, 3.8) is 0 Å². The Labute approximate surface area is 103 Å². The molecule has 0 unspecified atom stereocenters. The Hall–Kier alpha value is -2.56. The fourth-order valence-electron chi connectivity index (χ4n) is 1.11. The zero-order valence-corrected chi connectivity index (χ0v) is 9.22. The molecule has 0 bridgehead atoms. The minimum Gasteiger partial charge on any atom is -0.409 e. The van der Waals surface area contributed by atoms with Gasteiger partial charge in [-0.25, -0.2) is 0 Å². The maximum Gasteiger partial charge on any atom is 0.446 e. The summed E-state index contributed by atoms with van der Waals surface area (Å²) in [5.74, 6) is -0.977. The average molecular weight is 274 g/mol. The molecule has 0 saturated heterocycles. The van der Waals surface area contributed by atoms with Gasteiger partial charge in [-0.15, -0.1) is 21.3 Å². The highest BCUT2D eigenvalue weighted by Crippen LogP contribution is 2.14. The molecular weight excluding hydrogens is 270 g/mol. The summed E-state index contributed by atoms with van der Waals surface area (Å²) in [6.45, 7) is 0. The lowest BCUT2D eigenvalue weighted by Gasteiger charge is -1.97. The molecule has 0 atom stereocenters. The Kier molecular flexibility index (Phi) is 3.14. The van der Waals surface area contributed by atoms with E-state index >= 15 is 0 Å². The Morgan fingerprint density at radius 3 is 3.00 bits per heavy atom. The summed E-state index contributed by atoms with van der Waals surface area (Å²) in [5.41, 5.74) is 0.00504. The van der Waals surface area contributed by atoms with Gasteiger partial charge in [-0.1, -0.05) is 10.4 Å². The van der Waals surface area contributed by atoms with Gasteiger partial charge in [-0.2, -0.15) is 4.68 Å². The van der Waals surface area contributed by atoms with Gasteiger partial charge in [-0.3, -0.25) is 0 Å². The third kappa shape index (κ3) is 1.98. The van der Waals surface area contributed by atoms with Crippen molar-refractivity contribution in [3.05, 3.63) is 27.7 Å². The van der Waals surface area contributed by atoms with E-state index in [-0.39, 0.29) is 17.4 Å². The van der Waals surface area contributed by atoms with Gasteiger partial charge in [0.2, 0.25) is 5.84 Å². The average Bonchev–Trinajstić information content (AvgIpc) is 2.98. The zero-order chi connectivity index (χ0) is 13.1. The third-order valence-electron chi connectivity index (χ3n) is 1.85. The number of hydrogen-bond donors (Lipinski definition) is 1. The first-order valence-electron chi connectivity index (χ1n) is 4.34. The quantitative estimate of drug-likeness (QED) is 0.205. The summed E-state index contributed by atoms with van der Waals surface area (Å²) in [7, 11) is 0. The number of alkyl halides is 1. The van der Waals surface area contributed by atoms with Gasteiger partial charge < -0.3 is 15.3 Å². The fraction of sp³-hybridized carbons (Fsp3) is 0.167. The van der Waals surface area contributed by atoms with Crippen LogP contribution in [0.4, 0.5) is 5.82 Å². The summed E-state index contributed by atoms with van der Waals surface area (Å²) in [6, 6.07) is 0. The SMILES string of the molecule is O=[N+]([O-])c1nonc1/C(=N/O)n1cc(CCl)nn1. The first-order chi connectivity index (χ1) is 8.67. The predicted molar refractivity (Wildman–Crippen MR) is 54.3 cm³/mol. The van der Waals surface area contributed by atoms with E-state index in [9.17, 15) is 10.1 Å². The Bertz CT molecular complexity index is 605. The number of nitrogens with zero attached hydrogens (tertiary/aromatic N) is 7. The molecular formula is C6H4ClN7O4. The van der Waals surface area contributed by atoms with Crippen LogP contribution in [-0.4, -0.2) is 41.3 Å². The maximum atomic E-state index is 10.6. The summed E-state index contributed by atoms with van der Waals surface area (Å²) in [5, 5.41) is 35.9. The molecule has 0 spiro atoms. The molecule has 11 nitrogen and oxygen atoms in total. The van der Waals surface area contributed by atoms with Gasteiger partial charge in [0.1, 0.15) is 0 Å². The van der Waals surface area contributed by atoms with Crippen molar-refractivity contribution in [2.75, 3.05) is 0 Å². The van der Waals surface area contributed by atoms with E-state index in [1.165, 1.54) is 6.20 Å². The zero-order valence-electron chi connectivity index (χ0n) is 8.46. The van der Waals surface area contributed by atoms with Crippen molar-refractivity contribution in [2.45, 2.75) is 5.88 Å². The van der Waals surface area contributed by atoms with Crippen molar-refractivity contribution >= 4 is 23.3 Å². The molecule has 94 valence electrons. The van der Waals surface area contributed by atoms with E-state index in [2.05, 4.69) is 30.4 Å². The van der Waals surface area contributed by atoms with Crippen molar-refractivity contribution in [1.29, 1.82) is 0 Å². The second-order valence-corrected chi connectivity index (χ2v) is 3.17. The van der Waals surface area contributed by atoms with Gasteiger partial charge in [0.05, 0.1) is 17.8 Å². The molecule has 18 heavy (non-hydrogen) atoms. The molecule has 1 N–H and O–H groups in total. The number of nitro groups is 1. The number of oxime groups is 1. The maximum absolute atomic E-state index is 10.6. The van der Waals surface area contributed by atoms with Gasteiger partial charge in [0, 0.05) is 0 Å². The number of rotatable bonds is 3. The van der Waals surface area contributed by atoms with Gasteiger partial charge in [0.25, 0.3) is 5.69 Å². The lowest BCUT2D eigenvalue weighted by atomic mass is 10.4. The Morgan fingerprint density at radius 2 is 2.44 bits per heavy atom. The molecule has 0 saturated carbocycles. The predicted octanol–water partition coefficient (Wildman–Crippen LogP) is -0.00780. The second-order valence-electron chi connectivity index (χ2n) is 2.91. The molecule has 2 aromatic heterocycles. The van der Waals surface area contributed by atoms with Crippen LogP contribution in [0.3, 0.4) is 0 Å². The van der Waals surface area contributed by atoms with Crippen molar-refractivity contribution < 1.29 is 14.8 Å². The van der Waals surface area contributed by atoms with Crippen LogP contribution in [0.2, 0.25) is 0 Å². The molecule has 2 heterocycles. The van der Waals surface area contributed by atoms with Crippen LogP contribution >= 0.6 is 11.6 Å². The van der Waals surface area contributed by atoms with Crippen LogP contribution in [0.5, 0.6) is 0 Å². The molecule has 0 aliphatic heterocycles. The molecule has 12 heteroatoms. The van der Waals surface area contributed by atoms with E-state index in [1.54, 1.807) is 0 Å². The number of halogens is 1. The second kappa shape index (κ2) is 4.75. The largest absolute Gasteiger partial charge is 0.446 e. The van der Waals surface area contributed by atoms with Gasteiger partial charge in [0.15, 0.2) is 5.16 Å². The molecule has 0 aromatic carbocycles. The van der Waals surface area contributed by atoms with Crippen molar-refractivity contribution in [3.8, 4) is 0 Å². The first kappa shape index (κ1) is 11.9. The third-order valence-corrected chi connectivity index (χ3v) is 2.12. The Balaban J connectivity index is 2.46. The standard InChI is InChI=1S/C6H4ClN7O4/c7-1-3-2-13(12-8-3)5(9-15)4-6(14(16)17)11-18-10-4/h2,15H,1H2/b9-5-. The normalized spacial score (nSPS) is 11.7. The van der Waals surface area contributed by atoms with Crippen LogP contribution in [-0.2, 0) is 5.88 Å². The van der Waals surface area contributed by atoms with Gasteiger partial charge in [-0.05, 0) is 10.1 Å². The highest BCUT2D eigenvalue weighted by Gasteiger charge is 2.29. The molecule has 0 amide bonds. The molecule has 2 aromatic rings. The summed E-state index contributed by atoms with van der Waals surface area (Å²) >= 11 is 5.52. The summed E-state index contributed by atoms with van der Waals surface area (Å²) in [4.78, 5) is 9.80. The molecule has 0 fully saturated rings. The Morgan fingerprint density at radius 1 is 1.67 bits per heavy atom. The molecule has 2 rings (SSSR count). The molecule has 0 radical (unpaired) electrons. The van der Waals surface area contributed by atoms with Crippen LogP contribution in [0, 0.1) is 10.1 Å². The van der Waals surface area contributed by atoms with Crippen LogP contribution < -0.4 is 0 Å². The van der Waals surface area contributed by atoms with E-state index in [1.807, 2.05) is 0 Å². The monoisotopic (exact) mass is 273 g/mol. The lowest BCUT2D eigenvalue weighted by molar-refractivity contribution is -0.391.